The number of halogens is 1. The minimum absolute atomic E-state index is 0.0247. The van der Waals surface area contributed by atoms with E-state index in [4.69, 9.17) is 5.73 Å². The average Bonchev–Trinajstić information content (AvgIpc) is 2.36. The first kappa shape index (κ1) is 14.6. The van der Waals surface area contributed by atoms with Gasteiger partial charge >= 0.3 is 0 Å². The van der Waals surface area contributed by atoms with Crippen molar-refractivity contribution < 1.29 is 4.79 Å². The Bertz CT molecular complexity index is 612. The van der Waals surface area contributed by atoms with E-state index in [-0.39, 0.29) is 5.91 Å². The predicted molar refractivity (Wildman–Crippen MR) is 86.8 cm³/mol. The van der Waals surface area contributed by atoms with Crippen molar-refractivity contribution in [1.82, 2.24) is 0 Å². The van der Waals surface area contributed by atoms with Gasteiger partial charge in [-0.1, -0.05) is 28.1 Å². The Labute approximate surface area is 127 Å². The summed E-state index contributed by atoms with van der Waals surface area (Å²) in [6, 6.07) is 11.5. The molecule has 0 bridgehead atoms. The maximum atomic E-state index is 12.1. The Hall–Kier alpha value is -1.81. The van der Waals surface area contributed by atoms with Gasteiger partial charge in [0.15, 0.2) is 0 Å². The number of nitrogens with two attached hydrogens (primary N) is 1. The molecule has 0 radical (unpaired) electrons. The van der Waals surface area contributed by atoms with Gasteiger partial charge in [0.2, 0.25) is 5.91 Å². The second-order valence-corrected chi connectivity index (χ2v) is 5.80. The molecule has 0 atom stereocenters. The van der Waals surface area contributed by atoms with E-state index in [1.165, 1.54) is 0 Å². The van der Waals surface area contributed by atoms with Gasteiger partial charge in [0, 0.05) is 15.8 Å². The Morgan fingerprint density at radius 3 is 2.25 bits per heavy atom. The van der Waals surface area contributed by atoms with Crippen LogP contribution in [-0.2, 0) is 11.2 Å². The average molecular weight is 333 g/mol. The number of benzene rings is 2. The molecule has 0 unspecified atom stereocenters. The normalized spacial score (nSPS) is 10.3. The first-order chi connectivity index (χ1) is 9.45. The highest BCUT2D eigenvalue weighted by molar-refractivity contribution is 9.10. The van der Waals surface area contributed by atoms with Crippen LogP contribution in [0.5, 0.6) is 0 Å². The molecule has 3 N–H and O–H groups in total. The van der Waals surface area contributed by atoms with Crippen LogP contribution in [0.4, 0.5) is 11.4 Å². The van der Waals surface area contributed by atoms with Crippen molar-refractivity contribution in [2.45, 2.75) is 20.3 Å². The Morgan fingerprint density at radius 2 is 1.70 bits per heavy atom. The van der Waals surface area contributed by atoms with Crippen LogP contribution < -0.4 is 11.1 Å². The number of rotatable bonds is 3. The van der Waals surface area contributed by atoms with Gasteiger partial charge in [-0.3, -0.25) is 4.79 Å². The van der Waals surface area contributed by atoms with Gasteiger partial charge in [-0.2, -0.15) is 0 Å². The summed E-state index contributed by atoms with van der Waals surface area (Å²) in [4.78, 5) is 12.1. The highest BCUT2D eigenvalue weighted by atomic mass is 79.9. The van der Waals surface area contributed by atoms with Crippen LogP contribution in [0.3, 0.4) is 0 Å². The van der Waals surface area contributed by atoms with Gasteiger partial charge in [-0.25, -0.2) is 0 Å². The van der Waals surface area contributed by atoms with E-state index in [1.807, 2.05) is 50.2 Å². The van der Waals surface area contributed by atoms with Crippen LogP contribution >= 0.6 is 15.9 Å². The molecular weight excluding hydrogens is 316 g/mol. The molecule has 0 aromatic heterocycles. The van der Waals surface area contributed by atoms with E-state index in [0.717, 1.165) is 26.9 Å². The van der Waals surface area contributed by atoms with Crippen LogP contribution in [0.15, 0.2) is 40.9 Å². The van der Waals surface area contributed by atoms with Crippen molar-refractivity contribution >= 4 is 33.2 Å². The summed E-state index contributed by atoms with van der Waals surface area (Å²) in [5.74, 6) is -0.0247. The van der Waals surface area contributed by atoms with E-state index in [2.05, 4.69) is 21.2 Å². The van der Waals surface area contributed by atoms with E-state index in [0.29, 0.717) is 12.1 Å². The summed E-state index contributed by atoms with van der Waals surface area (Å²) in [5, 5.41) is 2.96. The zero-order valence-electron chi connectivity index (χ0n) is 11.5. The summed E-state index contributed by atoms with van der Waals surface area (Å²) in [5.41, 5.74) is 10.3. The fraction of sp³-hybridized carbons (Fsp3) is 0.188. The minimum Gasteiger partial charge on any atom is -0.399 e. The maximum absolute atomic E-state index is 12.1. The lowest BCUT2D eigenvalue weighted by Crippen LogP contribution is -2.16. The summed E-state index contributed by atoms with van der Waals surface area (Å²) in [7, 11) is 0. The van der Waals surface area contributed by atoms with Crippen LogP contribution in [0.2, 0.25) is 0 Å². The topological polar surface area (TPSA) is 55.1 Å². The maximum Gasteiger partial charge on any atom is 0.228 e. The van der Waals surface area contributed by atoms with Gasteiger partial charge in [-0.15, -0.1) is 0 Å². The van der Waals surface area contributed by atoms with Gasteiger partial charge in [-0.05, 0) is 54.8 Å². The van der Waals surface area contributed by atoms with E-state index in [9.17, 15) is 4.79 Å². The Morgan fingerprint density at radius 1 is 1.15 bits per heavy atom. The van der Waals surface area contributed by atoms with Gasteiger partial charge in [0.05, 0.1) is 6.42 Å². The molecule has 0 aliphatic heterocycles. The second kappa shape index (κ2) is 6.09. The molecule has 20 heavy (non-hydrogen) atoms. The highest BCUT2D eigenvalue weighted by Crippen LogP contribution is 2.23. The van der Waals surface area contributed by atoms with Crippen molar-refractivity contribution in [2.75, 3.05) is 11.1 Å². The summed E-state index contributed by atoms with van der Waals surface area (Å²) in [6.45, 7) is 3.89. The fourth-order valence-corrected chi connectivity index (χ4v) is 2.43. The molecule has 0 saturated carbocycles. The Balaban J connectivity index is 2.10. The van der Waals surface area contributed by atoms with E-state index in [1.54, 1.807) is 0 Å². The number of aryl methyl sites for hydroxylation is 2. The van der Waals surface area contributed by atoms with Crippen molar-refractivity contribution in [2.24, 2.45) is 0 Å². The number of nitrogens with one attached hydrogen (secondary N) is 1. The monoisotopic (exact) mass is 332 g/mol. The number of amides is 1. The van der Waals surface area contributed by atoms with Crippen molar-refractivity contribution in [1.29, 1.82) is 0 Å². The molecule has 0 aliphatic rings. The van der Waals surface area contributed by atoms with Gasteiger partial charge in [0.25, 0.3) is 0 Å². The third-order valence-electron chi connectivity index (χ3n) is 3.10. The third-order valence-corrected chi connectivity index (χ3v) is 3.63. The highest BCUT2D eigenvalue weighted by Gasteiger charge is 2.09. The predicted octanol–water partition coefficient (Wildman–Crippen LogP) is 3.83. The van der Waals surface area contributed by atoms with Gasteiger partial charge < -0.3 is 11.1 Å². The quantitative estimate of drug-likeness (QED) is 0.839. The molecule has 4 heteroatoms. The number of hydrogen-bond acceptors (Lipinski definition) is 2. The molecule has 0 heterocycles. The summed E-state index contributed by atoms with van der Waals surface area (Å²) >= 11 is 3.38. The lowest BCUT2D eigenvalue weighted by molar-refractivity contribution is -0.115. The molecule has 0 spiro atoms. The molecule has 104 valence electrons. The van der Waals surface area contributed by atoms with Gasteiger partial charge in [0.1, 0.15) is 0 Å². The third kappa shape index (κ3) is 3.61. The molecule has 2 aromatic rings. The molecule has 2 rings (SSSR count). The standard InChI is InChI=1S/C16H17BrN2O/c1-10-7-14(18)8-11(2)16(10)19-15(20)9-12-3-5-13(17)6-4-12/h3-8H,9,18H2,1-2H3,(H,19,20). The molecule has 0 aliphatic carbocycles. The molecule has 0 fully saturated rings. The number of anilines is 2. The van der Waals surface area contributed by atoms with Crippen LogP contribution in [0.25, 0.3) is 0 Å². The zero-order chi connectivity index (χ0) is 14.7. The van der Waals surface area contributed by atoms with Crippen LogP contribution in [0.1, 0.15) is 16.7 Å². The van der Waals surface area contributed by atoms with Crippen LogP contribution in [0, 0.1) is 13.8 Å². The lowest BCUT2D eigenvalue weighted by Gasteiger charge is -2.12. The molecule has 0 saturated heterocycles. The lowest BCUT2D eigenvalue weighted by atomic mass is 10.1. The number of hydrogen-bond donors (Lipinski definition) is 2. The minimum atomic E-state index is -0.0247. The van der Waals surface area contributed by atoms with E-state index >= 15 is 0 Å². The van der Waals surface area contributed by atoms with Crippen LogP contribution in [-0.4, -0.2) is 5.91 Å². The first-order valence-corrected chi connectivity index (χ1v) is 7.16. The SMILES string of the molecule is Cc1cc(N)cc(C)c1NC(=O)Cc1ccc(Br)cc1. The van der Waals surface area contributed by atoms with E-state index < -0.39 is 0 Å². The molecule has 3 nitrogen and oxygen atoms in total. The smallest absolute Gasteiger partial charge is 0.228 e. The summed E-state index contributed by atoms with van der Waals surface area (Å²) in [6.07, 6.45) is 0.358. The number of carbonyl (C=O) groups excluding carboxylic acids is 1. The largest absolute Gasteiger partial charge is 0.399 e. The first-order valence-electron chi connectivity index (χ1n) is 6.36. The fourth-order valence-electron chi connectivity index (χ4n) is 2.17. The zero-order valence-corrected chi connectivity index (χ0v) is 13.1. The molecule has 1 amide bonds. The molecular formula is C16H17BrN2O. The van der Waals surface area contributed by atoms with Crippen molar-refractivity contribution in [3.05, 3.63) is 57.6 Å². The summed E-state index contributed by atoms with van der Waals surface area (Å²) < 4.78 is 1.01. The number of nitrogen functional groups attached to an aromatic ring is 1. The second-order valence-electron chi connectivity index (χ2n) is 4.88. The number of carbonyl (C=O) groups is 1. The van der Waals surface area contributed by atoms with Crippen molar-refractivity contribution in [3.8, 4) is 0 Å². The Kier molecular flexibility index (Phi) is 4.45. The molecule has 2 aromatic carbocycles. The van der Waals surface area contributed by atoms with Crippen molar-refractivity contribution in [3.63, 3.8) is 0 Å².